The summed E-state index contributed by atoms with van der Waals surface area (Å²) in [5.74, 6) is -2.41. The summed E-state index contributed by atoms with van der Waals surface area (Å²) in [5, 5.41) is 11.4. The van der Waals surface area contributed by atoms with Crippen LogP contribution in [0.3, 0.4) is 0 Å². The molecule has 5 nitrogen and oxygen atoms in total. The van der Waals surface area contributed by atoms with Crippen LogP contribution in [-0.2, 0) is 17.4 Å². The molecule has 1 saturated carbocycles. The first-order valence-electron chi connectivity index (χ1n) is 11.7. The highest BCUT2D eigenvalue weighted by molar-refractivity contribution is 6.31. The van der Waals surface area contributed by atoms with E-state index in [2.05, 4.69) is 5.32 Å². The average molecular weight is 532 g/mol. The topological polar surface area (TPSA) is 75.6 Å². The molecular weight excluding hydrogens is 507 g/mol. The summed E-state index contributed by atoms with van der Waals surface area (Å²) >= 11 is 6.10. The number of carboxylic acids is 1. The molecule has 0 bridgehead atoms. The lowest BCUT2D eigenvalue weighted by molar-refractivity contribution is -0.139. The van der Waals surface area contributed by atoms with Crippen LogP contribution in [-0.4, -0.2) is 23.6 Å². The zero-order valence-electron chi connectivity index (χ0n) is 20.2. The molecule has 0 aromatic heterocycles. The normalized spacial score (nSPS) is 16.8. The van der Waals surface area contributed by atoms with Gasteiger partial charge in [-0.15, -0.1) is 0 Å². The molecule has 2 atom stereocenters. The van der Waals surface area contributed by atoms with E-state index in [1.807, 2.05) is 30.3 Å². The molecule has 0 unspecified atom stereocenters. The van der Waals surface area contributed by atoms with Gasteiger partial charge in [0.2, 0.25) is 0 Å². The van der Waals surface area contributed by atoms with E-state index >= 15 is 0 Å². The van der Waals surface area contributed by atoms with E-state index < -0.39 is 41.1 Å². The molecule has 1 aliphatic rings. The largest absolute Gasteiger partial charge is 0.493 e. The van der Waals surface area contributed by atoms with Crippen LogP contribution in [0.25, 0.3) is 0 Å². The van der Waals surface area contributed by atoms with Crippen molar-refractivity contribution in [3.63, 3.8) is 0 Å². The van der Waals surface area contributed by atoms with E-state index in [0.717, 1.165) is 17.7 Å². The number of hydrogen-bond donors (Lipinski definition) is 2. The van der Waals surface area contributed by atoms with Gasteiger partial charge in [-0.2, -0.15) is 13.2 Å². The number of hydrogen-bond acceptors (Lipinski definition) is 3. The molecule has 0 spiro atoms. The number of aliphatic carboxylic acids is 1. The van der Waals surface area contributed by atoms with Gasteiger partial charge in [-0.25, -0.2) is 0 Å². The van der Waals surface area contributed by atoms with Gasteiger partial charge in [0.05, 0.1) is 23.8 Å². The fourth-order valence-electron chi connectivity index (χ4n) is 4.51. The number of halogens is 4. The quantitative estimate of drug-likeness (QED) is 0.327. The van der Waals surface area contributed by atoms with Crippen LogP contribution in [0.1, 0.15) is 50.5 Å². The lowest BCUT2D eigenvalue weighted by Gasteiger charge is -2.18. The maximum Gasteiger partial charge on any atom is 0.418 e. The van der Waals surface area contributed by atoms with Crippen LogP contribution in [0.4, 0.5) is 18.9 Å². The summed E-state index contributed by atoms with van der Waals surface area (Å²) in [6, 6.07) is 15.0. The highest BCUT2D eigenvalue weighted by atomic mass is 35.5. The lowest BCUT2D eigenvalue weighted by atomic mass is 10.00. The number of aryl methyl sites for hydroxylation is 2. The SMILES string of the molecule is Cc1cc(OCCc2ccccc2)cc(C)c1C(=O)Nc1cc([C@H]2C[C@H]2C(=O)O)c(Cl)cc1C(F)(F)F. The summed E-state index contributed by atoms with van der Waals surface area (Å²) < 4.78 is 47.1. The molecule has 0 heterocycles. The van der Waals surface area contributed by atoms with Crippen molar-refractivity contribution in [1.29, 1.82) is 0 Å². The monoisotopic (exact) mass is 531 g/mol. The molecule has 3 aromatic carbocycles. The third-order valence-electron chi connectivity index (χ3n) is 6.43. The number of carbonyl (C=O) groups excluding carboxylic acids is 1. The van der Waals surface area contributed by atoms with Crippen molar-refractivity contribution >= 4 is 29.2 Å². The Hall–Kier alpha value is -3.52. The van der Waals surface area contributed by atoms with Crippen molar-refractivity contribution in [2.45, 2.75) is 38.8 Å². The third-order valence-corrected chi connectivity index (χ3v) is 6.76. The highest BCUT2D eigenvalue weighted by Gasteiger charge is 2.46. The molecule has 194 valence electrons. The fourth-order valence-corrected chi connectivity index (χ4v) is 4.81. The molecule has 0 saturated heterocycles. The molecule has 1 aliphatic carbocycles. The molecule has 1 fully saturated rings. The van der Waals surface area contributed by atoms with Crippen LogP contribution in [0, 0.1) is 19.8 Å². The van der Waals surface area contributed by atoms with Crippen LogP contribution in [0.5, 0.6) is 5.75 Å². The van der Waals surface area contributed by atoms with Crippen molar-refractivity contribution < 1.29 is 32.6 Å². The van der Waals surface area contributed by atoms with Crippen molar-refractivity contribution in [3.05, 3.63) is 93.0 Å². The van der Waals surface area contributed by atoms with Crippen LogP contribution < -0.4 is 10.1 Å². The first kappa shape index (κ1) is 26.5. The van der Waals surface area contributed by atoms with Crippen LogP contribution in [0.15, 0.2) is 54.6 Å². The second-order valence-corrected chi connectivity index (χ2v) is 9.58. The summed E-state index contributed by atoms with van der Waals surface area (Å²) in [6.45, 7) is 3.80. The Bertz CT molecular complexity index is 1320. The van der Waals surface area contributed by atoms with Gasteiger partial charge >= 0.3 is 12.1 Å². The number of carboxylic acid groups (broad SMARTS) is 1. The number of rotatable bonds is 8. The summed E-state index contributed by atoms with van der Waals surface area (Å²) in [4.78, 5) is 24.4. The first-order chi connectivity index (χ1) is 17.5. The van der Waals surface area contributed by atoms with E-state index in [1.165, 1.54) is 0 Å². The van der Waals surface area contributed by atoms with E-state index in [-0.39, 0.29) is 22.6 Å². The number of ether oxygens (including phenoxy) is 1. The zero-order chi connectivity index (χ0) is 26.9. The minimum atomic E-state index is -4.78. The average Bonchev–Trinajstić information content (AvgIpc) is 3.61. The Morgan fingerprint density at radius 1 is 1.08 bits per heavy atom. The fraction of sp³-hybridized carbons (Fsp3) is 0.286. The smallest absolute Gasteiger partial charge is 0.418 e. The summed E-state index contributed by atoms with van der Waals surface area (Å²) in [5.41, 5.74) is 1.15. The van der Waals surface area contributed by atoms with E-state index in [0.29, 0.717) is 29.9 Å². The van der Waals surface area contributed by atoms with Gasteiger partial charge in [0.25, 0.3) is 5.91 Å². The minimum absolute atomic E-state index is 0.177. The third kappa shape index (κ3) is 6.07. The maximum atomic E-state index is 13.8. The molecule has 37 heavy (non-hydrogen) atoms. The van der Waals surface area contributed by atoms with Crippen molar-refractivity contribution in [2.75, 3.05) is 11.9 Å². The van der Waals surface area contributed by atoms with Gasteiger partial charge in [0, 0.05) is 17.0 Å². The molecular formula is C28H25ClF3NO4. The standard InChI is InChI=1S/C28H25ClF3NO4/c1-15-10-18(37-9-8-17-6-4-3-5-7-17)11-16(2)25(15)26(34)33-24-13-20(19-12-21(19)27(35)36)23(29)14-22(24)28(30,31)32/h3-7,10-11,13-14,19,21H,8-9,12H2,1-2H3,(H,33,34)(H,35,36)/t19-,21-/m1/s1. The van der Waals surface area contributed by atoms with Crippen LogP contribution >= 0.6 is 11.6 Å². The molecule has 3 aromatic rings. The van der Waals surface area contributed by atoms with Gasteiger partial charge < -0.3 is 15.2 Å². The number of nitrogens with one attached hydrogen (secondary N) is 1. The number of alkyl halides is 3. The van der Waals surface area contributed by atoms with E-state index in [9.17, 15) is 27.9 Å². The zero-order valence-corrected chi connectivity index (χ0v) is 20.9. The summed E-state index contributed by atoms with van der Waals surface area (Å²) in [7, 11) is 0. The molecule has 2 N–H and O–H groups in total. The molecule has 9 heteroatoms. The van der Waals surface area contributed by atoms with Crippen molar-refractivity contribution in [1.82, 2.24) is 0 Å². The van der Waals surface area contributed by atoms with E-state index in [4.69, 9.17) is 16.3 Å². The van der Waals surface area contributed by atoms with Gasteiger partial charge in [0.1, 0.15) is 5.75 Å². The first-order valence-corrected chi connectivity index (χ1v) is 12.1. The van der Waals surface area contributed by atoms with Gasteiger partial charge in [-0.05, 0) is 72.7 Å². The van der Waals surface area contributed by atoms with E-state index in [1.54, 1.807) is 26.0 Å². The Morgan fingerprint density at radius 3 is 2.30 bits per heavy atom. The van der Waals surface area contributed by atoms with Crippen molar-refractivity contribution in [2.24, 2.45) is 5.92 Å². The predicted octanol–water partition coefficient (Wildman–Crippen LogP) is 7.04. The Morgan fingerprint density at radius 2 is 1.73 bits per heavy atom. The van der Waals surface area contributed by atoms with Crippen LogP contribution in [0.2, 0.25) is 5.02 Å². The Balaban J connectivity index is 1.55. The molecule has 0 radical (unpaired) electrons. The second kappa shape index (κ2) is 10.5. The van der Waals surface area contributed by atoms with Gasteiger partial charge in [0.15, 0.2) is 0 Å². The van der Waals surface area contributed by atoms with Gasteiger partial charge in [-0.1, -0.05) is 41.9 Å². The van der Waals surface area contributed by atoms with Gasteiger partial charge in [-0.3, -0.25) is 9.59 Å². The number of benzene rings is 3. The van der Waals surface area contributed by atoms with Crippen molar-refractivity contribution in [3.8, 4) is 5.75 Å². The lowest BCUT2D eigenvalue weighted by Crippen LogP contribution is -2.19. The highest BCUT2D eigenvalue weighted by Crippen LogP contribution is 2.51. The predicted molar refractivity (Wildman–Crippen MR) is 134 cm³/mol. The minimum Gasteiger partial charge on any atom is -0.493 e. The number of carbonyl (C=O) groups is 2. The number of anilines is 1. The molecule has 1 amide bonds. The Labute approximate surface area is 217 Å². The summed E-state index contributed by atoms with van der Waals surface area (Å²) in [6.07, 6.45) is -3.80. The number of amides is 1. The maximum absolute atomic E-state index is 13.8. The Kier molecular flexibility index (Phi) is 7.50. The second-order valence-electron chi connectivity index (χ2n) is 9.17. The molecule has 4 rings (SSSR count). The molecule has 0 aliphatic heterocycles.